The summed E-state index contributed by atoms with van der Waals surface area (Å²) in [5, 5.41) is 0.455. The molecule has 0 saturated heterocycles. The van der Waals surface area contributed by atoms with Crippen molar-refractivity contribution in [1.82, 2.24) is 19.5 Å². The molecular formula is C27H18Cl2FN5O3. The van der Waals surface area contributed by atoms with Gasteiger partial charge < -0.3 is 9.47 Å². The summed E-state index contributed by atoms with van der Waals surface area (Å²) in [6.07, 6.45) is 7.24. The molecule has 38 heavy (non-hydrogen) atoms. The lowest BCUT2D eigenvalue weighted by Gasteiger charge is -2.28. The Labute approximate surface area is 226 Å². The van der Waals surface area contributed by atoms with Crippen LogP contribution in [0.25, 0.3) is 17.1 Å². The Morgan fingerprint density at radius 3 is 2.42 bits per heavy atom. The van der Waals surface area contributed by atoms with Crippen LogP contribution in [0.5, 0.6) is 11.9 Å². The standard InChI is InChI=1S/C27H18Cl2FN5O3/c1-37-25-18(13-31-27(33-25)38-2)24-32-21-23(34(24)16-4-3-5-16)22(14-6-8-15(28)9-7-14)35(26(21)36)17-10-11-20(30)19(29)12-17/h3-13,22H,1-2H3. The number of rotatable bonds is 6. The summed E-state index contributed by atoms with van der Waals surface area (Å²) in [5.41, 5.74) is 3.31. The number of anilines is 1. The zero-order chi connectivity index (χ0) is 26.6. The van der Waals surface area contributed by atoms with Crippen LogP contribution < -0.4 is 14.4 Å². The van der Waals surface area contributed by atoms with Crippen LogP contribution in [0.4, 0.5) is 10.1 Å². The van der Waals surface area contributed by atoms with Crippen molar-refractivity contribution in [2.24, 2.45) is 0 Å². The summed E-state index contributed by atoms with van der Waals surface area (Å²) in [6.45, 7) is 0. The number of fused-ring (bicyclic) bond motifs is 1. The molecule has 0 spiro atoms. The monoisotopic (exact) mass is 549 g/mol. The summed E-state index contributed by atoms with van der Waals surface area (Å²) in [5.74, 6) is -0.290. The van der Waals surface area contributed by atoms with Crippen LogP contribution in [0.2, 0.25) is 10.0 Å². The fourth-order valence-electron chi connectivity index (χ4n) is 4.58. The molecular weight excluding hydrogens is 532 g/mol. The largest absolute Gasteiger partial charge is 0.480 e. The van der Waals surface area contributed by atoms with E-state index < -0.39 is 11.9 Å². The zero-order valence-corrected chi connectivity index (χ0v) is 21.5. The first kappa shape index (κ1) is 24.1. The lowest BCUT2D eigenvalue weighted by molar-refractivity contribution is 0.0989. The second kappa shape index (κ2) is 9.27. The molecule has 1 unspecified atom stereocenters. The predicted octanol–water partition coefficient (Wildman–Crippen LogP) is 5.96. The average molecular weight is 550 g/mol. The van der Waals surface area contributed by atoms with Gasteiger partial charge in [0.25, 0.3) is 5.91 Å². The molecule has 2 aliphatic rings. The van der Waals surface area contributed by atoms with Crippen LogP contribution in [-0.4, -0.2) is 39.6 Å². The van der Waals surface area contributed by atoms with Crippen molar-refractivity contribution in [3.05, 3.63) is 99.7 Å². The number of halogens is 3. The Bertz CT molecular complexity index is 1670. The Morgan fingerprint density at radius 2 is 1.79 bits per heavy atom. The van der Waals surface area contributed by atoms with Gasteiger partial charge >= 0.3 is 6.01 Å². The van der Waals surface area contributed by atoms with Crippen LogP contribution in [-0.2, 0) is 0 Å². The lowest BCUT2D eigenvalue weighted by Crippen LogP contribution is -2.30. The highest BCUT2D eigenvalue weighted by Gasteiger charge is 2.45. The number of amides is 1. The summed E-state index contributed by atoms with van der Waals surface area (Å²) in [6, 6.07) is 10.9. The number of imidazole rings is 1. The molecule has 0 fully saturated rings. The first-order valence-electron chi connectivity index (χ1n) is 11.4. The maximum atomic E-state index is 14.0. The van der Waals surface area contributed by atoms with Gasteiger partial charge in [-0.3, -0.25) is 14.3 Å². The van der Waals surface area contributed by atoms with E-state index >= 15 is 0 Å². The minimum Gasteiger partial charge on any atom is -0.480 e. The van der Waals surface area contributed by atoms with E-state index in [-0.39, 0.29) is 28.5 Å². The van der Waals surface area contributed by atoms with Gasteiger partial charge in [0.1, 0.15) is 11.9 Å². The molecule has 190 valence electrons. The molecule has 8 nitrogen and oxygen atoms in total. The Balaban J connectivity index is 1.61. The highest BCUT2D eigenvalue weighted by atomic mass is 35.5. The van der Waals surface area contributed by atoms with Crippen LogP contribution in [0.1, 0.15) is 27.8 Å². The van der Waals surface area contributed by atoms with Gasteiger partial charge in [0.15, 0.2) is 11.5 Å². The topological polar surface area (TPSA) is 82.4 Å². The molecule has 1 aliphatic heterocycles. The van der Waals surface area contributed by atoms with E-state index in [9.17, 15) is 9.18 Å². The first-order valence-corrected chi connectivity index (χ1v) is 12.2. The second-order valence-electron chi connectivity index (χ2n) is 8.46. The number of carbonyl (C=O) groups excluding carboxylic acids is 1. The minimum atomic E-state index is -0.627. The predicted molar refractivity (Wildman–Crippen MR) is 141 cm³/mol. The third-order valence-corrected chi connectivity index (χ3v) is 6.90. The molecule has 2 aromatic carbocycles. The SMILES string of the molecule is COc1ncc(-c2nc3c(n2C2=CC=C2)C(c2ccc(Cl)cc2)N(c2ccc(F)c(Cl)c2)C3=O)c(OC)n1. The highest BCUT2D eigenvalue weighted by Crippen LogP contribution is 2.46. The molecule has 3 heterocycles. The smallest absolute Gasteiger partial charge is 0.319 e. The Kier molecular flexibility index (Phi) is 5.89. The van der Waals surface area contributed by atoms with E-state index in [2.05, 4.69) is 9.97 Å². The maximum Gasteiger partial charge on any atom is 0.319 e. The lowest BCUT2D eigenvalue weighted by atomic mass is 10.0. The van der Waals surface area contributed by atoms with Crippen molar-refractivity contribution in [1.29, 1.82) is 0 Å². The van der Waals surface area contributed by atoms with Crippen molar-refractivity contribution in [2.75, 3.05) is 19.1 Å². The van der Waals surface area contributed by atoms with Gasteiger partial charge in [-0.25, -0.2) is 14.4 Å². The van der Waals surface area contributed by atoms with Crippen LogP contribution in [0.3, 0.4) is 0 Å². The first-order chi connectivity index (χ1) is 18.4. The molecule has 1 amide bonds. The number of hydrogen-bond donors (Lipinski definition) is 0. The number of hydrogen-bond acceptors (Lipinski definition) is 6. The van der Waals surface area contributed by atoms with Crippen LogP contribution >= 0.6 is 23.2 Å². The maximum absolute atomic E-state index is 14.0. The molecule has 0 bridgehead atoms. The summed E-state index contributed by atoms with van der Waals surface area (Å²) in [7, 11) is 2.94. The normalized spacial score (nSPS) is 15.8. The average Bonchev–Trinajstić information content (AvgIpc) is 3.40. The van der Waals surface area contributed by atoms with Crippen molar-refractivity contribution in [3.63, 3.8) is 0 Å². The molecule has 0 radical (unpaired) electrons. The van der Waals surface area contributed by atoms with Crippen molar-refractivity contribution in [2.45, 2.75) is 6.04 Å². The molecule has 0 N–H and O–H groups in total. The van der Waals surface area contributed by atoms with E-state index in [0.717, 1.165) is 11.3 Å². The number of allylic oxidation sites excluding steroid dienone is 4. The highest BCUT2D eigenvalue weighted by molar-refractivity contribution is 6.31. The quantitative estimate of drug-likeness (QED) is 0.295. The van der Waals surface area contributed by atoms with Crippen LogP contribution in [0, 0.1) is 5.82 Å². The second-order valence-corrected chi connectivity index (χ2v) is 9.31. The third-order valence-electron chi connectivity index (χ3n) is 6.36. The zero-order valence-electron chi connectivity index (χ0n) is 20.0. The molecule has 1 atom stereocenters. The van der Waals surface area contributed by atoms with Gasteiger partial charge in [-0.05, 0) is 48.0 Å². The molecule has 1 aliphatic carbocycles. The van der Waals surface area contributed by atoms with Gasteiger partial charge in [0, 0.05) is 22.6 Å². The molecule has 6 rings (SSSR count). The number of benzene rings is 2. The third kappa shape index (κ3) is 3.74. The molecule has 4 aromatic rings. The van der Waals surface area contributed by atoms with Crippen molar-refractivity contribution < 1.29 is 18.7 Å². The summed E-state index contributed by atoms with van der Waals surface area (Å²) < 4.78 is 26.6. The Morgan fingerprint density at radius 1 is 1.03 bits per heavy atom. The fourth-order valence-corrected chi connectivity index (χ4v) is 4.88. The van der Waals surface area contributed by atoms with Gasteiger partial charge in [-0.15, -0.1) is 0 Å². The number of methoxy groups -OCH3 is 2. The molecule has 11 heteroatoms. The summed E-state index contributed by atoms with van der Waals surface area (Å²) >= 11 is 12.3. The molecule has 0 saturated carbocycles. The molecule has 2 aromatic heterocycles. The van der Waals surface area contributed by atoms with Gasteiger partial charge in [0.05, 0.1) is 30.5 Å². The van der Waals surface area contributed by atoms with Gasteiger partial charge in [-0.1, -0.05) is 41.4 Å². The van der Waals surface area contributed by atoms with Crippen LogP contribution in [0.15, 0.2) is 66.9 Å². The minimum absolute atomic E-state index is 0.0944. The summed E-state index contributed by atoms with van der Waals surface area (Å²) in [4.78, 5) is 28.9. The van der Waals surface area contributed by atoms with Crippen molar-refractivity contribution in [3.8, 4) is 23.3 Å². The van der Waals surface area contributed by atoms with E-state index in [1.807, 2.05) is 34.9 Å². The Hall–Kier alpha value is -4.21. The fraction of sp³-hybridized carbons (Fsp3) is 0.111. The number of carbonyl (C=O) groups is 1. The van der Waals surface area contributed by atoms with E-state index in [1.165, 1.54) is 32.4 Å². The van der Waals surface area contributed by atoms with Gasteiger partial charge in [-0.2, -0.15) is 4.98 Å². The van der Waals surface area contributed by atoms with E-state index in [0.29, 0.717) is 27.8 Å². The number of nitrogens with zero attached hydrogens (tertiary/aromatic N) is 5. The number of ether oxygens (including phenoxy) is 2. The van der Waals surface area contributed by atoms with E-state index in [4.69, 9.17) is 37.7 Å². The van der Waals surface area contributed by atoms with E-state index in [1.54, 1.807) is 23.2 Å². The van der Waals surface area contributed by atoms with Crippen molar-refractivity contribution >= 4 is 40.5 Å². The van der Waals surface area contributed by atoms with Gasteiger partial charge in [0.2, 0.25) is 5.88 Å². The number of aromatic nitrogens is 4.